The number of thiazole rings is 1. The minimum Gasteiger partial charge on any atom is -0.497 e. The first kappa shape index (κ1) is 24.2. The van der Waals surface area contributed by atoms with Crippen molar-refractivity contribution in [1.82, 2.24) is 13.8 Å². The summed E-state index contributed by atoms with van der Waals surface area (Å²) in [6.07, 6.45) is 0. The maximum absolute atomic E-state index is 13.2. The van der Waals surface area contributed by atoms with Crippen molar-refractivity contribution < 1.29 is 22.7 Å². The summed E-state index contributed by atoms with van der Waals surface area (Å²) in [5.41, 5.74) is 0.733. The SMILES string of the molecule is COc1ccc(OCC(=O)N2CCN(S(=O)(=O)c3ccc4c(c3)sc(=O)n4C(C)C)CC2)cc1. The molecule has 0 N–H and O–H groups in total. The normalized spacial score (nSPS) is 15.1. The van der Waals surface area contributed by atoms with Gasteiger partial charge in [-0.15, -0.1) is 0 Å². The number of amides is 1. The number of benzene rings is 2. The molecule has 1 amide bonds. The molecule has 0 saturated carbocycles. The summed E-state index contributed by atoms with van der Waals surface area (Å²) in [4.78, 5) is 26.5. The fourth-order valence-corrected chi connectivity index (χ4v) is 6.48. The predicted molar refractivity (Wildman–Crippen MR) is 130 cm³/mol. The van der Waals surface area contributed by atoms with Crippen molar-refractivity contribution in [2.45, 2.75) is 24.8 Å². The number of carbonyl (C=O) groups is 1. The van der Waals surface area contributed by atoms with Gasteiger partial charge in [0.1, 0.15) is 11.5 Å². The van der Waals surface area contributed by atoms with Gasteiger partial charge in [-0.3, -0.25) is 14.2 Å². The third-order valence-corrected chi connectivity index (χ3v) is 8.56. The summed E-state index contributed by atoms with van der Waals surface area (Å²) in [7, 11) is -2.17. The standard InChI is InChI=1S/C23H27N3O6S2/c1-16(2)26-20-9-8-19(14-21(20)33-23(26)28)34(29,30)25-12-10-24(11-13-25)22(27)15-32-18-6-4-17(31-3)5-7-18/h4-9,14,16H,10-13,15H2,1-3H3. The van der Waals surface area contributed by atoms with E-state index in [1.807, 2.05) is 13.8 Å². The molecule has 34 heavy (non-hydrogen) atoms. The lowest BCUT2D eigenvalue weighted by molar-refractivity contribution is -0.134. The second-order valence-corrected chi connectivity index (χ2v) is 11.1. The van der Waals surface area contributed by atoms with Gasteiger partial charge in [-0.2, -0.15) is 4.31 Å². The summed E-state index contributed by atoms with van der Waals surface area (Å²) < 4.78 is 40.7. The van der Waals surface area contributed by atoms with Crippen LogP contribution in [0.25, 0.3) is 10.2 Å². The molecule has 4 rings (SSSR count). The first-order valence-electron chi connectivity index (χ1n) is 10.9. The highest BCUT2D eigenvalue weighted by Crippen LogP contribution is 2.26. The maximum atomic E-state index is 13.2. The van der Waals surface area contributed by atoms with Crippen molar-refractivity contribution in [2.75, 3.05) is 39.9 Å². The summed E-state index contributed by atoms with van der Waals surface area (Å²) in [5, 5.41) is 0. The van der Waals surface area contributed by atoms with Crippen LogP contribution < -0.4 is 14.3 Å². The van der Waals surface area contributed by atoms with E-state index in [9.17, 15) is 18.0 Å². The number of nitrogens with zero attached hydrogens (tertiary/aromatic N) is 3. The Bertz CT molecular complexity index is 1340. The average Bonchev–Trinajstić information content (AvgIpc) is 3.18. The lowest BCUT2D eigenvalue weighted by Crippen LogP contribution is -2.51. The highest BCUT2D eigenvalue weighted by atomic mass is 32.2. The second-order valence-electron chi connectivity index (χ2n) is 8.21. The van der Waals surface area contributed by atoms with Crippen LogP contribution in [0.3, 0.4) is 0 Å². The summed E-state index contributed by atoms with van der Waals surface area (Å²) >= 11 is 1.04. The molecule has 182 valence electrons. The zero-order valence-electron chi connectivity index (χ0n) is 19.3. The third kappa shape index (κ3) is 4.82. The van der Waals surface area contributed by atoms with Crippen LogP contribution in [0.15, 0.2) is 52.2 Å². The number of aromatic nitrogens is 1. The van der Waals surface area contributed by atoms with Crippen molar-refractivity contribution >= 4 is 37.5 Å². The number of rotatable bonds is 7. The van der Waals surface area contributed by atoms with E-state index >= 15 is 0 Å². The highest BCUT2D eigenvalue weighted by Gasteiger charge is 2.30. The van der Waals surface area contributed by atoms with E-state index in [1.165, 1.54) is 4.31 Å². The van der Waals surface area contributed by atoms with Gasteiger partial charge in [0.05, 0.1) is 22.2 Å². The van der Waals surface area contributed by atoms with Gasteiger partial charge in [-0.05, 0) is 56.3 Å². The molecule has 0 aliphatic carbocycles. The lowest BCUT2D eigenvalue weighted by atomic mass is 10.3. The number of sulfonamides is 1. The predicted octanol–water partition coefficient (Wildman–Crippen LogP) is 2.56. The molecular formula is C23H27N3O6S2. The van der Waals surface area contributed by atoms with E-state index in [-0.39, 0.29) is 54.5 Å². The molecule has 0 unspecified atom stereocenters. The number of hydrogen-bond donors (Lipinski definition) is 0. The van der Waals surface area contributed by atoms with Crippen LogP contribution in [0, 0.1) is 0 Å². The maximum Gasteiger partial charge on any atom is 0.308 e. The Kier molecular flexibility index (Phi) is 6.96. The van der Waals surface area contributed by atoms with E-state index in [1.54, 1.807) is 59.0 Å². The molecule has 11 heteroatoms. The van der Waals surface area contributed by atoms with Crippen LogP contribution in [0.1, 0.15) is 19.9 Å². The van der Waals surface area contributed by atoms with Gasteiger partial charge in [0.15, 0.2) is 6.61 Å². The smallest absolute Gasteiger partial charge is 0.308 e. The van der Waals surface area contributed by atoms with E-state index < -0.39 is 10.0 Å². The Morgan fingerprint density at radius 3 is 2.29 bits per heavy atom. The monoisotopic (exact) mass is 505 g/mol. The van der Waals surface area contributed by atoms with E-state index in [0.717, 1.165) is 16.9 Å². The van der Waals surface area contributed by atoms with Crippen molar-refractivity contribution in [3.63, 3.8) is 0 Å². The van der Waals surface area contributed by atoms with Gasteiger partial charge in [0.25, 0.3) is 5.91 Å². The topological polar surface area (TPSA) is 98.2 Å². The van der Waals surface area contributed by atoms with Crippen molar-refractivity contribution in [3.8, 4) is 11.5 Å². The van der Waals surface area contributed by atoms with Gasteiger partial charge < -0.3 is 14.4 Å². The lowest BCUT2D eigenvalue weighted by Gasteiger charge is -2.34. The molecule has 1 saturated heterocycles. The summed E-state index contributed by atoms with van der Waals surface area (Å²) in [6.45, 7) is 4.66. The zero-order valence-corrected chi connectivity index (χ0v) is 20.9. The van der Waals surface area contributed by atoms with E-state index in [0.29, 0.717) is 16.2 Å². The number of fused-ring (bicyclic) bond motifs is 1. The average molecular weight is 506 g/mol. The van der Waals surface area contributed by atoms with E-state index in [2.05, 4.69) is 0 Å². The van der Waals surface area contributed by atoms with Crippen LogP contribution in [-0.4, -0.2) is 68.0 Å². The first-order chi connectivity index (χ1) is 16.2. The zero-order chi connectivity index (χ0) is 24.5. The van der Waals surface area contributed by atoms with Crippen molar-refractivity contribution in [1.29, 1.82) is 0 Å². The Labute approximate surface area is 202 Å². The molecule has 1 aromatic heterocycles. The molecule has 2 heterocycles. The van der Waals surface area contributed by atoms with Gasteiger partial charge in [0.2, 0.25) is 10.0 Å². The Morgan fingerprint density at radius 2 is 1.68 bits per heavy atom. The molecule has 1 aliphatic heterocycles. The number of piperazine rings is 1. The molecule has 3 aromatic rings. The van der Waals surface area contributed by atoms with Crippen LogP contribution in [0.4, 0.5) is 0 Å². The van der Waals surface area contributed by atoms with Crippen LogP contribution >= 0.6 is 11.3 Å². The van der Waals surface area contributed by atoms with Gasteiger partial charge >= 0.3 is 4.87 Å². The second kappa shape index (κ2) is 9.77. The van der Waals surface area contributed by atoms with Gasteiger partial charge in [0, 0.05) is 32.2 Å². The minimum absolute atomic E-state index is 0.0111. The molecule has 1 fully saturated rings. The molecule has 0 atom stereocenters. The Morgan fingerprint density at radius 1 is 1.03 bits per heavy atom. The molecule has 0 spiro atoms. The van der Waals surface area contributed by atoms with Crippen LogP contribution in [0.2, 0.25) is 0 Å². The van der Waals surface area contributed by atoms with Crippen LogP contribution in [-0.2, 0) is 14.8 Å². The number of carbonyl (C=O) groups excluding carboxylic acids is 1. The third-order valence-electron chi connectivity index (χ3n) is 5.75. The summed E-state index contributed by atoms with van der Waals surface area (Å²) in [5.74, 6) is 1.05. The first-order valence-corrected chi connectivity index (χ1v) is 13.2. The Balaban J connectivity index is 1.39. The molecule has 0 radical (unpaired) electrons. The van der Waals surface area contributed by atoms with Crippen molar-refractivity contribution in [2.24, 2.45) is 0 Å². The number of hydrogen-bond acceptors (Lipinski definition) is 7. The highest BCUT2D eigenvalue weighted by molar-refractivity contribution is 7.89. The van der Waals surface area contributed by atoms with E-state index in [4.69, 9.17) is 9.47 Å². The number of methoxy groups -OCH3 is 1. The van der Waals surface area contributed by atoms with Crippen molar-refractivity contribution in [3.05, 3.63) is 52.1 Å². The quantitative estimate of drug-likeness (QED) is 0.490. The van der Waals surface area contributed by atoms with Gasteiger partial charge in [-0.1, -0.05) is 11.3 Å². The molecule has 9 nitrogen and oxygen atoms in total. The molecule has 1 aliphatic rings. The molecule has 0 bridgehead atoms. The minimum atomic E-state index is -3.74. The largest absolute Gasteiger partial charge is 0.497 e. The fourth-order valence-electron chi connectivity index (χ4n) is 3.90. The van der Waals surface area contributed by atoms with Crippen LogP contribution in [0.5, 0.6) is 11.5 Å². The Hall–Kier alpha value is -2.89. The summed E-state index contributed by atoms with van der Waals surface area (Å²) in [6, 6.07) is 11.7. The van der Waals surface area contributed by atoms with Gasteiger partial charge in [-0.25, -0.2) is 8.42 Å². The molecule has 2 aromatic carbocycles. The fraction of sp³-hybridized carbons (Fsp3) is 0.391. The number of ether oxygens (including phenoxy) is 2. The molecular weight excluding hydrogens is 478 g/mol.